The van der Waals surface area contributed by atoms with Crippen molar-refractivity contribution in [3.8, 4) is 0 Å². The van der Waals surface area contributed by atoms with Crippen molar-refractivity contribution in [1.29, 1.82) is 0 Å². The van der Waals surface area contributed by atoms with Gasteiger partial charge in [-0.25, -0.2) is 0 Å². The summed E-state index contributed by atoms with van der Waals surface area (Å²) in [6, 6.07) is 5.98. The van der Waals surface area contributed by atoms with Gasteiger partial charge >= 0.3 is 0 Å². The molecule has 98 valence electrons. The number of aryl methyl sites for hydroxylation is 2. The predicted octanol–water partition coefficient (Wildman–Crippen LogP) is 2.42. The fraction of sp³-hybridized carbons (Fsp3) is 0.400. The number of aliphatic hydroxyl groups excluding tert-OH is 1. The molecule has 1 aromatic rings. The Labute approximate surface area is 109 Å². The van der Waals surface area contributed by atoms with Crippen molar-refractivity contribution in [1.82, 2.24) is 5.32 Å². The number of nitrogens with one attached hydrogen (secondary N) is 1. The minimum absolute atomic E-state index is 0.0562. The third-order valence-corrected chi connectivity index (χ3v) is 2.88. The molecule has 1 rings (SSSR count). The molecular weight excluding hydrogens is 226 g/mol. The van der Waals surface area contributed by atoms with Crippen LogP contribution in [0.15, 0.2) is 30.9 Å². The van der Waals surface area contributed by atoms with Crippen LogP contribution in [0.5, 0.6) is 0 Å². The van der Waals surface area contributed by atoms with Crippen LogP contribution < -0.4 is 5.32 Å². The molecule has 3 heteroatoms. The Hall–Kier alpha value is -1.61. The van der Waals surface area contributed by atoms with E-state index in [1.807, 2.05) is 32.0 Å². The van der Waals surface area contributed by atoms with Crippen molar-refractivity contribution in [2.24, 2.45) is 0 Å². The summed E-state index contributed by atoms with van der Waals surface area (Å²) in [4.78, 5) is 11.4. The standard InChI is InChI=1S/C15H21NO2/c1-4-9-16-15(18)8-7-14(17)13-10-11(2)5-6-12(13)3/h4-6,10,14,17H,1,7-9H2,2-3H3,(H,16,18). The number of hydrogen-bond donors (Lipinski definition) is 2. The van der Waals surface area contributed by atoms with E-state index in [0.29, 0.717) is 19.4 Å². The van der Waals surface area contributed by atoms with Gasteiger partial charge in [0.05, 0.1) is 6.10 Å². The van der Waals surface area contributed by atoms with Crippen LogP contribution >= 0.6 is 0 Å². The van der Waals surface area contributed by atoms with E-state index in [-0.39, 0.29) is 5.91 Å². The van der Waals surface area contributed by atoms with E-state index in [9.17, 15) is 9.90 Å². The minimum atomic E-state index is -0.584. The third-order valence-electron chi connectivity index (χ3n) is 2.88. The molecule has 0 radical (unpaired) electrons. The molecule has 1 aromatic carbocycles. The van der Waals surface area contributed by atoms with E-state index in [4.69, 9.17) is 0 Å². The molecule has 3 nitrogen and oxygen atoms in total. The molecule has 1 atom stereocenters. The summed E-state index contributed by atoms with van der Waals surface area (Å²) >= 11 is 0. The Morgan fingerprint density at radius 2 is 2.22 bits per heavy atom. The molecular formula is C15H21NO2. The molecule has 0 heterocycles. The SMILES string of the molecule is C=CCNC(=O)CCC(O)c1cc(C)ccc1C. The van der Waals surface area contributed by atoms with Gasteiger partial charge in [-0.2, -0.15) is 0 Å². The average molecular weight is 247 g/mol. The van der Waals surface area contributed by atoms with Crippen LogP contribution in [0, 0.1) is 13.8 Å². The Bertz CT molecular complexity index is 427. The molecule has 2 N–H and O–H groups in total. The van der Waals surface area contributed by atoms with Crippen molar-refractivity contribution in [3.63, 3.8) is 0 Å². The summed E-state index contributed by atoms with van der Waals surface area (Å²) in [5.74, 6) is -0.0562. The molecule has 0 fully saturated rings. The maximum Gasteiger partial charge on any atom is 0.220 e. The Morgan fingerprint density at radius 3 is 2.89 bits per heavy atom. The third kappa shape index (κ3) is 4.34. The molecule has 0 saturated carbocycles. The number of hydrogen-bond acceptors (Lipinski definition) is 2. The van der Waals surface area contributed by atoms with E-state index >= 15 is 0 Å². The minimum Gasteiger partial charge on any atom is -0.388 e. The fourth-order valence-electron chi connectivity index (χ4n) is 1.82. The van der Waals surface area contributed by atoms with Gasteiger partial charge in [-0.1, -0.05) is 29.8 Å². The number of amides is 1. The van der Waals surface area contributed by atoms with E-state index in [1.54, 1.807) is 6.08 Å². The second kappa shape index (κ2) is 6.97. The first-order valence-corrected chi connectivity index (χ1v) is 6.17. The monoisotopic (exact) mass is 247 g/mol. The number of aliphatic hydroxyl groups is 1. The maximum atomic E-state index is 11.4. The summed E-state index contributed by atoms with van der Waals surface area (Å²) in [6.45, 7) is 7.96. The van der Waals surface area contributed by atoms with Crippen LogP contribution in [0.3, 0.4) is 0 Å². The molecule has 1 amide bonds. The van der Waals surface area contributed by atoms with Crippen LogP contribution in [0.2, 0.25) is 0 Å². The number of carbonyl (C=O) groups excluding carboxylic acids is 1. The molecule has 0 spiro atoms. The van der Waals surface area contributed by atoms with Crippen molar-refractivity contribution < 1.29 is 9.90 Å². The molecule has 1 unspecified atom stereocenters. The Kier molecular flexibility index (Phi) is 5.59. The molecule has 0 saturated heterocycles. The van der Waals surface area contributed by atoms with E-state index in [2.05, 4.69) is 11.9 Å². The zero-order valence-electron chi connectivity index (χ0n) is 11.1. The lowest BCUT2D eigenvalue weighted by Crippen LogP contribution is -2.23. The van der Waals surface area contributed by atoms with Gasteiger partial charge in [0.15, 0.2) is 0 Å². The van der Waals surface area contributed by atoms with E-state index < -0.39 is 6.10 Å². The highest BCUT2D eigenvalue weighted by atomic mass is 16.3. The predicted molar refractivity (Wildman–Crippen MR) is 73.3 cm³/mol. The summed E-state index contributed by atoms with van der Waals surface area (Å²) in [7, 11) is 0. The summed E-state index contributed by atoms with van der Waals surface area (Å²) in [5.41, 5.74) is 3.08. The second-order valence-electron chi connectivity index (χ2n) is 4.51. The summed E-state index contributed by atoms with van der Waals surface area (Å²) in [6.07, 6.45) is 1.81. The van der Waals surface area contributed by atoms with Gasteiger partial charge in [0.2, 0.25) is 5.91 Å². The van der Waals surface area contributed by atoms with Crippen molar-refractivity contribution in [2.45, 2.75) is 32.8 Å². The summed E-state index contributed by atoms with van der Waals surface area (Å²) in [5, 5.41) is 12.8. The van der Waals surface area contributed by atoms with Gasteiger partial charge in [0.25, 0.3) is 0 Å². The lowest BCUT2D eigenvalue weighted by molar-refractivity contribution is -0.121. The highest BCUT2D eigenvalue weighted by Gasteiger charge is 2.12. The smallest absolute Gasteiger partial charge is 0.220 e. The first-order chi connectivity index (χ1) is 8.54. The molecule has 0 bridgehead atoms. The highest BCUT2D eigenvalue weighted by Crippen LogP contribution is 2.22. The number of carbonyl (C=O) groups is 1. The molecule has 0 aliphatic heterocycles. The van der Waals surface area contributed by atoms with Gasteiger partial charge < -0.3 is 10.4 Å². The van der Waals surface area contributed by atoms with Gasteiger partial charge in [-0.15, -0.1) is 6.58 Å². The normalized spacial score (nSPS) is 11.9. The number of benzene rings is 1. The largest absolute Gasteiger partial charge is 0.388 e. The molecule has 0 aromatic heterocycles. The zero-order valence-corrected chi connectivity index (χ0v) is 11.1. The van der Waals surface area contributed by atoms with E-state index in [0.717, 1.165) is 16.7 Å². The second-order valence-corrected chi connectivity index (χ2v) is 4.51. The first-order valence-electron chi connectivity index (χ1n) is 6.17. The lowest BCUT2D eigenvalue weighted by atomic mass is 9.98. The topological polar surface area (TPSA) is 49.3 Å². The van der Waals surface area contributed by atoms with Crippen molar-refractivity contribution >= 4 is 5.91 Å². The molecule has 0 aliphatic rings. The van der Waals surface area contributed by atoms with Gasteiger partial charge in [0.1, 0.15) is 0 Å². The van der Waals surface area contributed by atoms with Crippen LogP contribution in [0.25, 0.3) is 0 Å². The van der Waals surface area contributed by atoms with E-state index in [1.165, 1.54) is 0 Å². The van der Waals surface area contributed by atoms with Gasteiger partial charge in [-0.05, 0) is 31.4 Å². The van der Waals surface area contributed by atoms with Crippen LogP contribution in [-0.4, -0.2) is 17.6 Å². The highest BCUT2D eigenvalue weighted by molar-refractivity contribution is 5.76. The average Bonchev–Trinajstić information content (AvgIpc) is 2.36. The Balaban J connectivity index is 2.54. The zero-order chi connectivity index (χ0) is 13.5. The molecule has 18 heavy (non-hydrogen) atoms. The Morgan fingerprint density at radius 1 is 1.50 bits per heavy atom. The fourth-order valence-corrected chi connectivity index (χ4v) is 1.82. The van der Waals surface area contributed by atoms with Crippen molar-refractivity contribution in [2.75, 3.05) is 6.54 Å². The first kappa shape index (κ1) is 14.5. The van der Waals surface area contributed by atoms with Crippen LogP contribution in [0.4, 0.5) is 0 Å². The van der Waals surface area contributed by atoms with Gasteiger partial charge in [0, 0.05) is 13.0 Å². The van der Waals surface area contributed by atoms with Crippen molar-refractivity contribution in [3.05, 3.63) is 47.5 Å². The quantitative estimate of drug-likeness (QED) is 0.758. The summed E-state index contributed by atoms with van der Waals surface area (Å²) < 4.78 is 0. The number of rotatable bonds is 6. The molecule has 0 aliphatic carbocycles. The van der Waals surface area contributed by atoms with Gasteiger partial charge in [-0.3, -0.25) is 4.79 Å². The lowest BCUT2D eigenvalue weighted by Gasteiger charge is -2.14. The maximum absolute atomic E-state index is 11.4. The van der Waals surface area contributed by atoms with Crippen LogP contribution in [-0.2, 0) is 4.79 Å². The van der Waals surface area contributed by atoms with Crippen LogP contribution in [0.1, 0.15) is 35.6 Å².